The molecule has 2 aromatic carbocycles. The maximum Gasteiger partial charge on any atom is 0.264 e. The molecule has 0 bridgehead atoms. The molecule has 1 aliphatic rings. The van der Waals surface area contributed by atoms with Crippen LogP contribution in [-0.4, -0.2) is 52.5 Å². The SMILES string of the molecule is CC1CCCN(CCCNC(=O)c2ccc(N(C)S(=O)(=O)c3ccccc3)cc2)C1. The van der Waals surface area contributed by atoms with E-state index in [0.29, 0.717) is 17.8 Å². The highest BCUT2D eigenvalue weighted by Crippen LogP contribution is 2.22. The number of nitrogens with one attached hydrogen (secondary N) is 1. The van der Waals surface area contributed by atoms with E-state index in [0.717, 1.165) is 32.0 Å². The molecular weight excluding hydrogens is 398 g/mol. The van der Waals surface area contributed by atoms with E-state index in [-0.39, 0.29) is 10.8 Å². The van der Waals surface area contributed by atoms with Gasteiger partial charge in [-0.3, -0.25) is 9.10 Å². The van der Waals surface area contributed by atoms with Crippen molar-refractivity contribution in [2.24, 2.45) is 5.92 Å². The van der Waals surface area contributed by atoms with Crippen molar-refractivity contribution in [3.8, 4) is 0 Å². The number of rotatable bonds is 8. The molecule has 1 heterocycles. The van der Waals surface area contributed by atoms with Crippen LogP contribution in [0, 0.1) is 5.92 Å². The second-order valence-corrected chi connectivity index (χ2v) is 9.96. The molecule has 1 N–H and O–H groups in total. The second-order valence-electron chi connectivity index (χ2n) is 7.99. The molecule has 0 aromatic heterocycles. The predicted molar refractivity (Wildman–Crippen MR) is 120 cm³/mol. The molecule has 3 rings (SSSR count). The van der Waals surface area contributed by atoms with Crippen LogP contribution in [0.5, 0.6) is 0 Å². The molecule has 1 aliphatic heterocycles. The van der Waals surface area contributed by atoms with Crippen molar-refractivity contribution in [1.82, 2.24) is 10.2 Å². The van der Waals surface area contributed by atoms with Crippen molar-refractivity contribution < 1.29 is 13.2 Å². The van der Waals surface area contributed by atoms with E-state index in [9.17, 15) is 13.2 Å². The Morgan fingerprint density at radius 2 is 1.83 bits per heavy atom. The van der Waals surface area contributed by atoms with Gasteiger partial charge in [0.15, 0.2) is 0 Å². The third kappa shape index (κ3) is 5.61. The molecule has 30 heavy (non-hydrogen) atoms. The van der Waals surface area contributed by atoms with Crippen LogP contribution in [0.15, 0.2) is 59.5 Å². The van der Waals surface area contributed by atoms with Gasteiger partial charge >= 0.3 is 0 Å². The van der Waals surface area contributed by atoms with Crippen molar-refractivity contribution in [2.75, 3.05) is 37.5 Å². The molecule has 6 nitrogen and oxygen atoms in total. The molecule has 1 amide bonds. The van der Waals surface area contributed by atoms with Gasteiger partial charge in [0.25, 0.3) is 15.9 Å². The largest absolute Gasteiger partial charge is 0.352 e. The lowest BCUT2D eigenvalue weighted by Crippen LogP contribution is -2.36. The number of hydrogen-bond donors (Lipinski definition) is 1. The lowest BCUT2D eigenvalue weighted by molar-refractivity contribution is 0.0950. The molecule has 1 atom stereocenters. The summed E-state index contributed by atoms with van der Waals surface area (Å²) >= 11 is 0. The molecule has 1 saturated heterocycles. The molecule has 162 valence electrons. The third-order valence-electron chi connectivity index (χ3n) is 5.57. The maximum atomic E-state index is 12.7. The molecule has 2 aromatic rings. The second kappa shape index (κ2) is 10.1. The number of nitrogens with zero attached hydrogens (tertiary/aromatic N) is 2. The minimum absolute atomic E-state index is 0.137. The molecule has 1 unspecified atom stereocenters. The Hall–Kier alpha value is -2.38. The number of amides is 1. The number of sulfonamides is 1. The first-order valence-corrected chi connectivity index (χ1v) is 12.0. The zero-order valence-corrected chi connectivity index (χ0v) is 18.6. The molecule has 0 radical (unpaired) electrons. The highest BCUT2D eigenvalue weighted by atomic mass is 32.2. The van der Waals surface area contributed by atoms with Crippen molar-refractivity contribution in [3.63, 3.8) is 0 Å². The van der Waals surface area contributed by atoms with E-state index in [2.05, 4.69) is 17.1 Å². The van der Waals surface area contributed by atoms with Crippen LogP contribution < -0.4 is 9.62 Å². The Morgan fingerprint density at radius 1 is 1.13 bits per heavy atom. The number of likely N-dealkylation sites (tertiary alicyclic amines) is 1. The van der Waals surface area contributed by atoms with E-state index < -0.39 is 10.0 Å². The third-order valence-corrected chi connectivity index (χ3v) is 7.37. The summed E-state index contributed by atoms with van der Waals surface area (Å²) in [4.78, 5) is 15.1. The van der Waals surface area contributed by atoms with Crippen molar-refractivity contribution in [2.45, 2.75) is 31.1 Å². The Morgan fingerprint density at radius 3 is 2.50 bits per heavy atom. The highest BCUT2D eigenvalue weighted by Gasteiger charge is 2.21. The Bertz CT molecular complexity index is 930. The van der Waals surface area contributed by atoms with Gasteiger partial charge in [0.2, 0.25) is 0 Å². The molecule has 0 spiro atoms. The minimum Gasteiger partial charge on any atom is -0.352 e. The van der Waals surface area contributed by atoms with Crippen LogP contribution in [0.2, 0.25) is 0 Å². The fourth-order valence-corrected chi connectivity index (χ4v) is 5.03. The van der Waals surface area contributed by atoms with E-state index in [1.165, 1.54) is 24.2 Å². The molecule has 1 fully saturated rings. The number of carbonyl (C=O) groups excluding carboxylic acids is 1. The summed E-state index contributed by atoms with van der Waals surface area (Å²) in [6.45, 7) is 6.23. The molecule has 0 aliphatic carbocycles. The first kappa shape index (κ1) is 22.3. The Kier molecular flexibility index (Phi) is 7.50. The van der Waals surface area contributed by atoms with Crippen molar-refractivity contribution in [3.05, 3.63) is 60.2 Å². The van der Waals surface area contributed by atoms with Crippen LogP contribution >= 0.6 is 0 Å². The van der Waals surface area contributed by atoms with Crippen molar-refractivity contribution >= 4 is 21.6 Å². The lowest BCUT2D eigenvalue weighted by atomic mass is 10.0. The number of hydrogen-bond acceptors (Lipinski definition) is 4. The van der Waals surface area contributed by atoms with E-state index in [4.69, 9.17) is 0 Å². The van der Waals surface area contributed by atoms with Gasteiger partial charge in [0, 0.05) is 25.7 Å². The van der Waals surface area contributed by atoms with Crippen LogP contribution in [0.1, 0.15) is 36.5 Å². The van der Waals surface area contributed by atoms with Crippen molar-refractivity contribution in [1.29, 1.82) is 0 Å². The van der Waals surface area contributed by atoms with Gasteiger partial charge in [-0.2, -0.15) is 0 Å². The average molecular weight is 430 g/mol. The monoisotopic (exact) mass is 429 g/mol. The summed E-state index contributed by atoms with van der Waals surface area (Å²) < 4.78 is 26.7. The first-order chi connectivity index (χ1) is 14.4. The number of piperidine rings is 1. The highest BCUT2D eigenvalue weighted by molar-refractivity contribution is 7.92. The quantitative estimate of drug-likeness (QED) is 0.653. The Balaban J connectivity index is 1.51. The molecule has 7 heteroatoms. The summed E-state index contributed by atoms with van der Waals surface area (Å²) in [5.41, 5.74) is 1.03. The molecular formula is C23H31N3O3S. The molecule has 0 saturated carbocycles. The normalized spacial score (nSPS) is 17.5. The smallest absolute Gasteiger partial charge is 0.264 e. The van der Waals surface area contributed by atoms with Gasteiger partial charge in [-0.05, 0) is 74.7 Å². The van der Waals surface area contributed by atoms with Gasteiger partial charge in [-0.15, -0.1) is 0 Å². The van der Waals surface area contributed by atoms with E-state index >= 15 is 0 Å². The zero-order valence-electron chi connectivity index (χ0n) is 17.8. The lowest BCUT2D eigenvalue weighted by Gasteiger charge is -2.30. The zero-order chi connectivity index (χ0) is 21.6. The van der Waals surface area contributed by atoms with Gasteiger partial charge < -0.3 is 10.2 Å². The van der Waals surface area contributed by atoms with Gasteiger partial charge in [0.05, 0.1) is 10.6 Å². The Labute approximate surface area is 179 Å². The fraction of sp³-hybridized carbons (Fsp3) is 0.435. The summed E-state index contributed by atoms with van der Waals surface area (Å²) in [7, 11) is -2.12. The number of benzene rings is 2. The van der Waals surface area contributed by atoms with E-state index in [1.54, 1.807) is 54.6 Å². The van der Waals surface area contributed by atoms with Gasteiger partial charge in [-0.25, -0.2) is 8.42 Å². The average Bonchev–Trinajstić information content (AvgIpc) is 2.77. The van der Waals surface area contributed by atoms with Crippen LogP contribution in [0.3, 0.4) is 0 Å². The van der Waals surface area contributed by atoms with Crippen LogP contribution in [0.4, 0.5) is 5.69 Å². The predicted octanol–water partition coefficient (Wildman–Crippen LogP) is 3.36. The topological polar surface area (TPSA) is 69.7 Å². The summed E-state index contributed by atoms with van der Waals surface area (Å²) in [5.74, 6) is 0.623. The van der Waals surface area contributed by atoms with E-state index in [1.807, 2.05) is 0 Å². The van der Waals surface area contributed by atoms with Gasteiger partial charge in [-0.1, -0.05) is 25.1 Å². The number of anilines is 1. The summed E-state index contributed by atoms with van der Waals surface area (Å²) in [5, 5.41) is 2.96. The number of carbonyl (C=O) groups is 1. The summed E-state index contributed by atoms with van der Waals surface area (Å²) in [6, 6.07) is 14.9. The standard InChI is InChI=1S/C23H31N3O3S/c1-19-8-6-16-26(18-19)17-7-15-24-23(27)20-11-13-21(14-12-20)25(2)30(28,29)22-9-4-3-5-10-22/h3-5,9-14,19H,6-8,15-18H2,1-2H3,(H,24,27). The van der Waals surface area contributed by atoms with Gasteiger partial charge in [0.1, 0.15) is 0 Å². The van der Waals surface area contributed by atoms with Crippen LogP contribution in [-0.2, 0) is 10.0 Å². The van der Waals surface area contributed by atoms with Crippen LogP contribution in [0.25, 0.3) is 0 Å². The first-order valence-electron chi connectivity index (χ1n) is 10.5. The summed E-state index contributed by atoms with van der Waals surface area (Å²) in [6.07, 6.45) is 3.49. The minimum atomic E-state index is -3.63. The maximum absolute atomic E-state index is 12.7. The fourth-order valence-electron chi connectivity index (χ4n) is 3.81.